The number of rotatable bonds is 4. The Kier molecular flexibility index (Phi) is 4.89. The molecule has 0 amide bonds. The van der Waals surface area contributed by atoms with E-state index in [1.165, 1.54) is 0 Å². The fourth-order valence-corrected chi connectivity index (χ4v) is 2.17. The van der Waals surface area contributed by atoms with Crippen LogP contribution in [0.1, 0.15) is 38.4 Å². The highest BCUT2D eigenvalue weighted by Gasteiger charge is 2.13. The summed E-state index contributed by atoms with van der Waals surface area (Å²) in [6, 6.07) is 8.03. The van der Waals surface area contributed by atoms with Gasteiger partial charge in [0.25, 0.3) is 0 Å². The van der Waals surface area contributed by atoms with Crippen LogP contribution in [0.25, 0.3) is 0 Å². The molecular weight excluding hydrogens is 287 g/mol. The Morgan fingerprint density at radius 3 is 2.57 bits per heavy atom. The van der Waals surface area contributed by atoms with E-state index in [0.29, 0.717) is 5.92 Å². The molecule has 0 fully saturated rings. The van der Waals surface area contributed by atoms with E-state index in [-0.39, 0.29) is 6.10 Å². The quantitative estimate of drug-likeness (QED) is 0.840. The zero-order valence-electron chi connectivity index (χ0n) is 8.70. The van der Waals surface area contributed by atoms with E-state index in [9.17, 15) is 5.11 Å². The van der Waals surface area contributed by atoms with Crippen LogP contribution in [0.3, 0.4) is 0 Å². The molecule has 1 N–H and O–H groups in total. The first kappa shape index (κ1) is 12.0. The van der Waals surface area contributed by atoms with E-state index in [1.807, 2.05) is 24.3 Å². The Balaban J connectivity index is 2.69. The van der Waals surface area contributed by atoms with Gasteiger partial charge in [0.15, 0.2) is 0 Å². The lowest BCUT2D eigenvalue weighted by molar-refractivity contribution is 0.145. The van der Waals surface area contributed by atoms with Gasteiger partial charge in [-0.3, -0.25) is 0 Å². The Labute approximate surface area is 99.7 Å². The Morgan fingerprint density at radius 1 is 1.36 bits per heavy atom. The molecule has 2 unspecified atom stereocenters. The molecule has 0 saturated heterocycles. The van der Waals surface area contributed by atoms with E-state index in [1.54, 1.807) is 0 Å². The van der Waals surface area contributed by atoms with Crippen molar-refractivity contribution in [2.45, 2.75) is 32.8 Å². The molecule has 2 heteroatoms. The van der Waals surface area contributed by atoms with Crippen molar-refractivity contribution in [2.75, 3.05) is 0 Å². The van der Waals surface area contributed by atoms with Gasteiger partial charge < -0.3 is 5.11 Å². The van der Waals surface area contributed by atoms with Crippen LogP contribution < -0.4 is 0 Å². The van der Waals surface area contributed by atoms with Crippen LogP contribution in [0, 0.1) is 9.49 Å². The molecule has 0 aliphatic heterocycles. The lowest BCUT2D eigenvalue weighted by Crippen LogP contribution is -2.05. The van der Waals surface area contributed by atoms with Crippen molar-refractivity contribution < 1.29 is 5.11 Å². The average Bonchev–Trinajstić information content (AvgIpc) is 2.18. The maximum absolute atomic E-state index is 10.00. The minimum absolute atomic E-state index is 0.307. The smallest absolute Gasteiger partial charge is 0.0802 e. The van der Waals surface area contributed by atoms with Crippen LogP contribution in [0.15, 0.2) is 24.3 Å². The molecule has 1 aromatic carbocycles. The second kappa shape index (κ2) is 5.71. The molecule has 1 rings (SSSR count). The minimum atomic E-state index is -0.307. The minimum Gasteiger partial charge on any atom is -0.388 e. The molecular formula is C12H17IO. The average molecular weight is 304 g/mol. The van der Waals surface area contributed by atoms with Gasteiger partial charge in [-0.05, 0) is 46.6 Å². The first-order chi connectivity index (χ1) is 6.65. The zero-order chi connectivity index (χ0) is 10.6. The molecule has 0 heterocycles. The number of hydrogen-bond donors (Lipinski definition) is 1. The molecule has 1 nitrogen and oxygen atoms in total. The van der Waals surface area contributed by atoms with Gasteiger partial charge in [0.05, 0.1) is 6.10 Å². The normalized spacial score (nSPS) is 15.1. The molecule has 2 atom stereocenters. The van der Waals surface area contributed by atoms with E-state index in [0.717, 1.165) is 22.0 Å². The number of halogens is 1. The van der Waals surface area contributed by atoms with Gasteiger partial charge in [-0.1, -0.05) is 38.5 Å². The third-order valence-corrected chi connectivity index (χ3v) is 3.57. The number of benzene rings is 1. The highest BCUT2D eigenvalue weighted by atomic mass is 127. The standard InChI is InChI=1S/C12H17IO/c1-3-9(2)8-12(14)10-6-4-5-7-11(10)13/h4-7,9,12,14H,3,8H2,1-2H3. The van der Waals surface area contributed by atoms with Crippen molar-refractivity contribution in [1.82, 2.24) is 0 Å². The third-order valence-electron chi connectivity index (χ3n) is 2.59. The SMILES string of the molecule is CCC(C)CC(O)c1ccccc1I. The van der Waals surface area contributed by atoms with Crippen LogP contribution in [0.5, 0.6) is 0 Å². The maximum Gasteiger partial charge on any atom is 0.0802 e. The van der Waals surface area contributed by atoms with Crippen molar-refractivity contribution in [3.8, 4) is 0 Å². The fraction of sp³-hybridized carbons (Fsp3) is 0.500. The summed E-state index contributed by atoms with van der Waals surface area (Å²) in [5.74, 6) is 0.584. The molecule has 0 saturated carbocycles. The summed E-state index contributed by atoms with van der Waals surface area (Å²) in [5.41, 5.74) is 1.06. The number of aliphatic hydroxyl groups excluding tert-OH is 1. The highest BCUT2D eigenvalue weighted by Crippen LogP contribution is 2.26. The summed E-state index contributed by atoms with van der Waals surface area (Å²) in [7, 11) is 0. The number of hydrogen-bond acceptors (Lipinski definition) is 1. The summed E-state index contributed by atoms with van der Waals surface area (Å²) in [4.78, 5) is 0. The van der Waals surface area contributed by atoms with Crippen molar-refractivity contribution in [2.24, 2.45) is 5.92 Å². The van der Waals surface area contributed by atoms with E-state index in [4.69, 9.17) is 0 Å². The summed E-state index contributed by atoms with van der Waals surface area (Å²) in [6.07, 6.45) is 1.68. The summed E-state index contributed by atoms with van der Waals surface area (Å²) >= 11 is 2.27. The van der Waals surface area contributed by atoms with Crippen LogP contribution in [0.4, 0.5) is 0 Å². The molecule has 78 valence electrons. The molecule has 0 spiro atoms. The maximum atomic E-state index is 10.00. The number of aliphatic hydroxyl groups is 1. The summed E-state index contributed by atoms with van der Waals surface area (Å²) in [6.45, 7) is 4.34. The molecule has 1 aromatic rings. The largest absolute Gasteiger partial charge is 0.388 e. The second-order valence-corrected chi connectivity index (χ2v) is 4.95. The predicted octanol–water partition coefficient (Wildman–Crippen LogP) is 3.76. The van der Waals surface area contributed by atoms with Crippen molar-refractivity contribution in [1.29, 1.82) is 0 Å². The lowest BCUT2D eigenvalue weighted by Gasteiger charge is -2.16. The van der Waals surface area contributed by atoms with Gasteiger partial charge in [-0.2, -0.15) is 0 Å². The van der Waals surface area contributed by atoms with Gasteiger partial charge in [-0.15, -0.1) is 0 Å². The van der Waals surface area contributed by atoms with Gasteiger partial charge >= 0.3 is 0 Å². The third kappa shape index (κ3) is 3.24. The topological polar surface area (TPSA) is 20.2 Å². The van der Waals surface area contributed by atoms with Crippen molar-refractivity contribution in [3.05, 3.63) is 33.4 Å². The molecule has 0 bridgehead atoms. The van der Waals surface area contributed by atoms with Gasteiger partial charge in [-0.25, -0.2) is 0 Å². The van der Waals surface area contributed by atoms with Crippen LogP contribution >= 0.6 is 22.6 Å². The first-order valence-corrected chi connectivity index (χ1v) is 6.15. The summed E-state index contributed by atoms with van der Waals surface area (Å²) < 4.78 is 1.15. The second-order valence-electron chi connectivity index (χ2n) is 3.79. The first-order valence-electron chi connectivity index (χ1n) is 5.07. The predicted molar refractivity (Wildman–Crippen MR) is 68.2 cm³/mol. The monoisotopic (exact) mass is 304 g/mol. The fourth-order valence-electron chi connectivity index (χ4n) is 1.42. The van der Waals surface area contributed by atoms with Gasteiger partial charge in [0.1, 0.15) is 0 Å². The lowest BCUT2D eigenvalue weighted by atomic mass is 9.96. The van der Waals surface area contributed by atoms with E-state index < -0.39 is 0 Å². The van der Waals surface area contributed by atoms with Crippen LogP contribution in [-0.4, -0.2) is 5.11 Å². The summed E-state index contributed by atoms with van der Waals surface area (Å²) in [5, 5.41) is 10.00. The Bertz CT molecular complexity index is 285. The van der Waals surface area contributed by atoms with Crippen LogP contribution in [0.2, 0.25) is 0 Å². The zero-order valence-corrected chi connectivity index (χ0v) is 10.9. The van der Waals surface area contributed by atoms with E-state index >= 15 is 0 Å². The highest BCUT2D eigenvalue weighted by molar-refractivity contribution is 14.1. The van der Waals surface area contributed by atoms with Crippen molar-refractivity contribution >= 4 is 22.6 Å². The Morgan fingerprint density at radius 2 is 2.00 bits per heavy atom. The van der Waals surface area contributed by atoms with Crippen molar-refractivity contribution in [3.63, 3.8) is 0 Å². The molecule has 0 aromatic heterocycles. The van der Waals surface area contributed by atoms with Gasteiger partial charge in [0, 0.05) is 3.57 Å². The van der Waals surface area contributed by atoms with E-state index in [2.05, 4.69) is 36.4 Å². The van der Waals surface area contributed by atoms with Gasteiger partial charge in [0.2, 0.25) is 0 Å². The Hall–Kier alpha value is -0.0900. The molecule has 0 radical (unpaired) electrons. The molecule has 0 aliphatic carbocycles. The molecule has 14 heavy (non-hydrogen) atoms. The molecule has 0 aliphatic rings. The van der Waals surface area contributed by atoms with Crippen LogP contribution in [-0.2, 0) is 0 Å².